The molecule has 0 spiro atoms. The fourth-order valence-electron chi connectivity index (χ4n) is 3.34. The molecule has 0 unspecified atom stereocenters. The van der Waals surface area contributed by atoms with Crippen molar-refractivity contribution in [3.63, 3.8) is 0 Å². The van der Waals surface area contributed by atoms with Crippen molar-refractivity contribution in [1.82, 2.24) is 20.1 Å². The lowest BCUT2D eigenvalue weighted by Gasteiger charge is -2.25. The van der Waals surface area contributed by atoms with Crippen LogP contribution in [0.1, 0.15) is 51.5 Å². The zero-order valence-corrected chi connectivity index (χ0v) is 17.7. The third-order valence-corrected chi connectivity index (χ3v) is 6.17. The third kappa shape index (κ3) is 5.18. The van der Waals surface area contributed by atoms with Crippen LogP contribution >= 0.6 is 35.0 Å². The highest BCUT2D eigenvalue weighted by atomic mass is 35.5. The van der Waals surface area contributed by atoms with Crippen molar-refractivity contribution in [1.29, 1.82) is 0 Å². The Morgan fingerprint density at radius 3 is 2.74 bits per heavy atom. The van der Waals surface area contributed by atoms with E-state index in [0.717, 1.165) is 35.8 Å². The van der Waals surface area contributed by atoms with Crippen molar-refractivity contribution in [3.8, 4) is 11.4 Å². The van der Waals surface area contributed by atoms with E-state index in [4.69, 9.17) is 23.2 Å². The van der Waals surface area contributed by atoms with Crippen molar-refractivity contribution in [2.75, 3.05) is 12.3 Å². The average Bonchev–Trinajstić information content (AvgIpc) is 3.09. The number of rotatable bonds is 7. The molecule has 1 aromatic heterocycles. The zero-order chi connectivity index (χ0) is 19.2. The number of hydrogen-bond acceptors (Lipinski definition) is 4. The molecule has 3 rings (SSSR count). The molecule has 5 nitrogen and oxygen atoms in total. The SMILES string of the molecule is CCCNC(=O)CSc1nnc(-c2ccc(Cl)cc2Cl)n1C1CCCCC1. The van der Waals surface area contributed by atoms with Gasteiger partial charge in [0.1, 0.15) is 0 Å². The molecular formula is C19H24Cl2N4OS. The third-order valence-electron chi connectivity index (χ3n) is 4.68. The minimum absolute atomic E-state index is 0.0196. The quantitative estimate of drug-likeness (QED) is 0.603. The zero-order valence-electron chi connectivity index (χ0n) is 15.4. The summed E-state index contributed by atoms with van der Waals surface area (Å²) in [4.78, 5) is 12.0. The van der Waals surface area contributed by atoms with Crippen molar-refractivity contribution < 1.29 is 4.79 Å². The number of halogens is 2. The van der Waals surface area contributed by atoms with Crippen LogP contribution in [-0.2, 0) is 4.79 Å². The Morgan fingerprint density at radius 2 is 2.04 bits per heavy atom. The Kier molecular flexibility index (Phi) is 7.44. The minimum Gasteiger partial charge on any atom is -0.355 e. The van der Waals surface area contributed by atoms with Crippen LogP contribution in [0.4, 0.5) is 0 Å². The highest BCUT2D eigenvalue weighted by Crippen LogP contribution is 2.37. The molecule has 1 heterocycles. The molecule has 1 aliphatic carbocycles. The molecule has 146 valence electrons. The summed E-state index contributed by atoms with van der Waals surface area (Å²) in [5.41, 5.74) is 0.821. The van der Waals surface area contributed by atoms with E-state index < -0.39 is 0 Å². The number of nitrogens with one attached hydrogen (secondary N) is 1. The number of thioether (sulfide) groups is 1. The lowest BCUT2D eigenvalue weighted by atomic mass is 9.95. The van der Waals surface area contributed by atoms with E-state index in [-0.39, 0.29) is 5.91 Å². The van der Waals surface area contributed by atoms with Gasteiger partial charge in [-0.2, -0.15) is 0 Å². The second kappa shape index (κ2) is 9.80. The second-order valence-corrected chi connectivity index (χ2v) is 8.52. The number of carbonyl (C=O) groups is 1. The summed E-state index contributed by atoms with van der Waals surface area (Å²) in [6.07, 6.45) is 6.75. The van der Waals surface area contributed by atoms with Crippen LogP contribution in [0.2, 0.25) is 10.0 Å². The Bertz CT molecular complexity index is 790. The first-order valence-electron chi connectivity index (χ1n) is 9.40. The maximum atomic E-state index is 12.0. The molecule has 0 bridgehead atoms. The van der Waals surface area contributed by atoms with Gasteiger partial charge in [-0.1, -0.05) is 61.1 Å². The summed E-state index contributed by atoms with van der Waals surface area (Å²) >= 11 is 13.9. The molecule has 1 N–H and O–H groups in total. The molecule has 27 heavy (non-hydrogen) atoms. The summed E-state index contributed by atoms with van der Waals surface area (Å²) in [7, 11) is 0. The molecule has 0 atom stereocenters. The lowest BCUT2D eigenvalue weighted by Crippen LogP contribution is -2.26. The normalized spacial score (nSPS) is 15.1. The highest BCUT2D eigenvalue weighted by Gasteiger charge is 2.25. The van der Waals surface area contributed by atoms with E-state index in [9.17, 15) is 4.79 Å². The first-order chi connectivity index (χ1) is 13.1. The summed E-state index contributed by atoms with van der Waals surface area (Å²) in [6, 6.07) is 5.75. The van der Waals surface area contributed by atoms with Crippen molar-refractivity contribution in [2.45, 2.75) is 56.6 Å². The van der Waals surface area contributed by atoms with E-state index in [2.05, 4.69) is 20.1 Å². The predicted molar refractivity (Wildman–Crippen MR) is 112 cm³/mol. The van der Waals surface area contributed by atoms with Gasteiger partial charge in [-0.15, -0.1) is 10.2 Å². The van der Waals surface area contributed by atoms with Gasteiger partial charge < -0.3 is 5.32 Å². The van der Waals surface area contributed by atoms with Crippen LogP contribution in [0, 0.1) is 0 Å². The number of amides is 1. The summed E-state index contributed by atoms with van der Waals surface area (Å²) in [5, 5.41) is 13.6. The molecule has 2 aromatic rings. The van der Waals surface area contributed by atoms with Gasteiger partial charge in [0.25, 0.3) is 0 Å². The maximum Gasteiger partial charge on any atom is 0.230 e. The van der Waals surface area contributed by atoms with Gasteiger partial charge in [0.05, 0.1) is 10.8 Å². The van der Waals surface area contributed by atoms with E-state index >= 15 is 0 Å². The van der Waals surface area contributed by atoms with Crippen LogP contribution in [0.5, 0.6) is 0 Å². The summed E-state index contributed by atoms with van der Waals surface area (Å²) < 4.78 is 2.17. The van der Waals surface area contributed by atoms with Gasteiger partial charge in [-0.05, 0) is 37.5 Å². The Hall–Kier alpha value is -1.24. The largest absolute Gasteiger partial charge is 0.355 e. The smallest absolute Gasteiger partial charge is 0.230 e. The van der Waals surface area contributed by atoms with Crippen LogP contribution in [0.3, 0.4) is 0 Å². The van der Waals surface area contributed by atoms with Crippen LogP contribution in [0.15, 0.2) is 23.4 Å². The van der Waals surface area contributed by atoms with E-state index in [1.807, 2.05) is 19.1 Å². The standard InChI is InChI=1S/C19H24Cl2N4OS/c1-2-10-22-17(26)12-27-19-24-23-18(15-9-8-13(20)11-16(15)21)25(19)14-6-4-3-5-7-14/h8-9,11,14H,2-7,10,12H2,1H3,(H,22,26). The minimum atomic E-state index is 0.0196. The Balaban J connectivity index is 1.89. The Labute approximate surface area is 174 Å². The van der Waals surface area contributed by atoms with E-state index in [0.29, 0.717) is 28.4 Å². The lowest BCUT2D eigenvalue weighted by molar-refractivity contribution is -0.118. The molecule has 1 saturated carbocycles. The monoisotopic (exact) mass is 426 g/mol. The molecule has 1 aromatic carbocycles. The molecule has 1 amide bonds. The number of benzene rings is 1. The molecule has 0 aliphatic heterocycles. The molecule has 8 heteroatoms. The second-order valence-electron chi connectivity index (χ2n) is 6.73. The van der Waals surface area contributed by atoms with Crippen molar-refractivity contribution in [2.24, 2.45) is 0 Å². The number of nitrogens with zero attached hydrogens (tertiary/aromatic N) is 3. The molecule has 0 saturated heterocycles. The Morgan fingerprint density at radius 1 is 1.26 bits per heavy atom. The number of carbonyl (C=O) groups excluding carboxylic acids is 1. The topological polar surface area (TPSA) is 59.8 Å². The van der Waals surface area contributed by atoms with E-state index in [1.165, 1.54) is 31.0 Å². The van der Waals surface area contributed by atoms with Gasteiger partial charge in [0.15, 0.2) is 11.0 Å². The molecule has 1 fully saturated rings. The van der Waals surface area contributed by atoms with E-state index in [1.54, 1.807) is 6.07 Å². The van der Waals surface area contributed by atoms with Crippen molar-refractivity contribution in [3.05, 3.63) is 28.2 Å². The highest BCUT2D eigenvalue weighted by molar-refractivity contribution is 7.99. The van der Waals surface area contributed by atoms with Crippen molar-refractivity contribution >= 4 is 40.9 Å². The number of aromatic nitrogens is 3. The maximum absolute atomic E-state index is 12.0. The molecule has 0 radical (unpaired) electrons. The van der Waals surface area contributed by atoms with Gasteiger partial charge in [0, 0.05) is 23.2 Å². The van der Waals surface area contributed by atoms with Gasteiger partial charge in [-0.25, -0.2) is 0 Å². The summed E-state index contributed by atoms with van der Waals surface area (Å²) in [5.74, 6) is 1.10. The molecule has 1 aliphatic rings. The summed E-state index contributed by atoms with van der Waals surface area (Å²) in [6.45, 7) is 2.73. The van der Waals surface area contributed by atoms with Gasteiger partial charge in [-0.3, -0.25) is 9.36 Å². The molecular weight excluding hydrogens is 403 g/mol. The fourth-order valence-corrected chi connectivity index (χ4v) is 4.67. The first-order valence-corrected chi connectivity index (χ1v) is 11.1. The fraction of sp³-hybridized carbons (Fsp3) is 0.526. The van der Waals surface area contributed by atoms with Crippen LogP contribution in [0.25, 0.3) is 11.4 Å². The number of hydrogen-bond donors (Lipinski definition) is 1. The van der Waals surface area contributed by atoms with Crippen LogP contribution < -0.4 is 5.32 Å². The van der Waals surface area contributed by atoms with Crippen LogP contribution in [-0.4, -0.2) is 33.0 Å². The first kappa shape index (κ1) is 20.5. The van der Waals surface area contributed by atoms with Gasteiger partial charge >= 0.3 is 0 Å². The predicted octanol–water partition coefficient (Wildman–Crippen LogP) is 5.38. The van der Waals surface area contributed by atoms with Gasteiger partial charge in [0.2, 0.25) is 5.91 Å². The average molecular weight is 427 g/mol.